The number of hydrogen-bond donors (Lipinski definition) is 0. The molecule has 12 rings (SSSR count). The van der Waals surface area contributed by atoms with Crippen LogP contribution in [0.2, 0.25) is 0 Å². The summed E-state index contributed by atoms with van der Waals surface area (Å²) in [6.45, 7) is 0. The lowest BCUT2D eigenvalue weighted by molar-refractivity contribution is 1.30. The van der Waals surface area contributed by atoms with Gasteiger partial charge in [0.05, 0.1) is 5.69 Å². The molecular weight excluding hydrogens is 783 g/mol. The molecule has 0 saturated carbocycles. The lowest BCUT2D eigenvalue weighted by Crippen LogP contribution is -2.10. The van der Waals surface area contributed by atoms with Crippen LogP contribution in [-0.2, 0) is 0 Å². The highest BCUT2D eigenvalue weighted by molar-refractivity contribution is 6.22. The quantitative estimate of drug-likeness (QED) is 0.138. The van der Waals surface area contributed by atoms with Crippen LogP contribution in [0.25, 0.3) is 98.7 Å². The predicted octanol–water partition coefficient (Wildman–Crippen LogP) is 18.1. The lowest BCUT2D eigenvalue weighted by Gasteiger charge is -2.27. The molecule has 65 heavy (non-hydrogen) atoms. The Balaban J connectivity index is 0.942. The Hall–Kier alpha value is -8.52. The molecular formula is C64H43N. The first-order valence-corrected chi connectivity index (χ1v) is 22.4. The average Bonchev–Trinajstić information content (AvgIpc) is 3.39. The zero-order valence-corrected chi connectivity index (χ0v) is 35.8. The molecule has 1 nitrogen and oxygen atoms in total. The van der Waals surface area contributed by atoms with E-state index in [4.69, 9.17) is 0 Å². The molecule has 0 amide bonds. The Morgan fingerprint density at radius 2 is 0.631 bits per heavy atom. The maximum Gasteiger partial charge on any atom is 0.0540 e. The molecule has 12 aromatic carbocycles. The monoisotopic (exact) mass is 825 g/mol. The third kappa shape index (κ3) is 6.92. The summed E-state index contributed by atoms with van der Waals surface area (Å²) in [5, 5.41) is 9.97. The van der Waals surface area contributed by atoms with Crippen molar-refractivity contribution in [3.63, 3.8) is 0 Å². The third-order valence-electron chi connectivity index (χ3n) is 13.1. The van der Waals surface area contributed by atoms with Crippen LogP contribution in [0.1, 0.15) is 0 Å². The van der Waals surface area contributed by atoms with Gasteiger partial charge in [0.2, 0.25) is 0 Å². The summed E-state index contributed by atoms with van der Waals surface area (Å²) in [5.74, 6) is 0. The first kappa shape index (κ1) is 38.2. The second-order valence-corrected chi connectivity index (χ2v) is 16.8. The van der Waals surface area contributed by atoms with Gasteiger partial charge in [-0.15, -0.1) is 0 Å². The highest BCUT2D eigenvalue weighted by Crippen LogP contribution is 2.46. The Bertz CT molecular complexity index is 3660. The van der Waals surface area contributed by atoms with E-state index < -0.39 is 0 Å². The average molecular weight is 826 g/mol. The molecule has 304 valence electrons. The van der Waals surface area contributed by atoms with Gasteiger partial charge < -0.3 is 4.90 Å². The highest BCUT2D eigenvalue weighted by Gasteiger charge is 2.20. The minimum atomic E-state index is 1.10. The molecule has 0 unspecified atom stereocenters. The van der Waals surface area contributed by atoms with Crippen LogP contribution in [0.4, 0.5) is 17.1 Å². The van der Waals surface area contributed by atoms with Crippen LogP contribution in [0, 0.1) is 0 Å². The largest absolute Gasteiger partial charge is 0.310 e. The van der Waals surface area contributed by atoms with E-state index in [1.165, 1.54) is 98.7 Å². The molecule has 0 aliphatic heterocycles. The van der Waals surface area contributed by atoms with Gasteiger partial charge in [-0.05, 0) is 130 Å². The van der Waals surface area contributed by atoms with Crippen LogP contribution in [0.3, 0.4) is 0 Å². The SMILES string of the molecule is c1ccc(-c2c(-c3ccccc3)c3cc(-c4ccc(N(c5ccc(-c6ccc(-c7cccc8ccccc78)cc6)cc5)c5cccc6ccccc56)cc4)ccc3c3ccccc23)cc1. The summed E-state index contributed by atoms with van der Waals surface area (Å²) in [6.07, 6.45) is 0. The number of anilines is 3. The van der Waals surface area contributed by atoms with E-state index in [1.807, 2.05) is 0 Å². The van der Waals surface area contributed by atoms with Gasteiger partial charge in [0.15, 0.2) is 0 Å². The molecule has 0 bridgehead atoms. The van der Waals surface area contributed by atoms with Crippen molar-refractivity contribution in [3.05, 3.63) is 261 Å². The van der Waals surface area contributed by atoms with Crippen LogP contribution in [0.15, 0.2) is 261 Å². The maximum absolute atomic E-state index is 2.40. The molecule has 0 aliphatic rings. The minimum absolute atomic E-state index is 1.10. The molecule has 0 spiro atoms. The van der Waals surface area contributed by atoms with Gasteiger partial charge in [-0.25, -0.2) is 0 Å². The van der Waals surface area contributed by atoms with E-state index >= 15 is 0 Å². The maximum atomic E-state index is 2.40. The van der Waals surface area contributed by atoms with Crippen molar-refractivity contribution in [2.45, 2.75) is 0 Å². The third-order valence-corrected chi connectivity index (χ3v) is 13.1. The van der Waals surface area contributed by atoms with Crippen LogP contribution >= 0.6 is 0 Å². The van der Waals surface area contributed by atoms with Crippen LogP contribution in [-0.4, -0.2) is 0 Å². The van der Waals surface area contributed by atoms with Gasteiger partial charge in [0.25, 0.3) is 0 Å². The summed E-state index contributed by atoms with van der Waals surface area (Å²) >= 11 is 0. The van der Waals surface area contributed by atoms with E-state index in [1.54, 1.807) is 0 Å². The van der Waals surface area contributed by atoms with Crippen molar-refractivity contribution in [2.24, 2.45) is 0 Å². The van der Waals surface area contributed by atoms with Crippen molar-refractivity contribution in [2.75, 3.05) is 4.90 Å². The fraction of sp³-hybridized carbons (Fsp3) is 0. The van der Waals surface area contributed by atoms with E-state index in [0.29, 0.717) is 0 Å². The van der Waals surface area contributed by atoms with Gasteiger partial charge >= 0.3 is 0 Å². The number of fused-ring (bicyclic) bond motifs is 5. The molecule has 0 saturated heterocycles. The first-order chi connectivity index (χ1) is 32.2. The van der Waals surface area contributed by atoms with E-state index in [0.717, 1.165) is 17.1 Å². The smallest absolute Gasteiger partial charge is 0.0540 e. The van der Waals surface area contributed by atoms with E-state index in [2.05, 4.69) is 266 Å². The molecule has 0 heterocycles. The zero-order chi connectivity index (χ0) is 43.1. The number of hydrogen-bond acceptors (Lipinski definition) is 1. The molecule has 12 aromatic rings. The fourth-order valence-corrected chi connectivity index (χ4v) is 9.94. The normalized spacial score (nSPS) is 11.4. The summed E-state index contributed by atoms with van der Waals surface area (Å²) in [6, 6.07) is 95.1. The highest BCUT2D eigenvalue weighted by atomic mass is 15.1. The standard InChI is InChI=1S/C64H43N/c1-3-17-50(18-4-1)63-60-26-12-11-25-58(60)59-42-37-52(43-61(59)64(63)51-19-5-2-6-20-51)46-35-40-54(41-36-46)65(62-28-14-22-48-16-8-10-24-57(48)62)53-38-33-45(34-39-53)44-29-31-49(32-30-44)56-27-13-21-47-15-7-9-23-55(47)56/h1-43H. The van der Waals surface area contributed by atoms with Gasteiger partial charge in [-0.2, -0.15) is 0 Å². The minimum Gasteiger partial charge on any atom is -0.310 e. The van der Waals surface area contributed by atoms with Crippen molar-refractivity contribution in [3.8, 4) is 55.6 Å². The Morgan fingerprint density at radius 3 is 1.26 bits per heavy atom. The topological polar surface area (TPSA) is 3.24 Å². The lowest BCUT2D eigenvalue weighted by atomic mass is 9.84. The fourth-order valence-electron chi connectivity index (χ4n) is 9.94. The summed E-state index contributed by atoms with van der Waals surface area (Å²) in [7, 11) is 0. The summed E-state index contributed by atoms with van der Waals surface area (Å²) < 4.78 is 0. The summed E-state index contributed by atoms with van der Waals surface area (Å²) in [4.78, 5) is 2.39. The molecule has 0 radical (unpaired) electrons. The molecule has 0 aliphatic carbocycles. The molecule has 0 aromatic heterocycles. The second kappa shape index (κ2) is 16.3. The van der Waals surface area contributed by atoms with Crippen molar-refractivity contribution in [1.82, 2.24) is 0 Å². The molecule has 0 atom stereocenters. The van der Waals surface area contributed by atoms with Crippen molar-refractivity contribution in [1.29, 1.82) is 0 Å². The summed E-state index contributed by atoms with van der Waals surface area (Å²) in [5.41, 5.74) is 15.5. The number of nitrogens with zero attached hydrogens (tertiary/aromatic N) is 1. The van der Waals surface area contributed by atoms with Gasteiger partial charge in [0, 0.05) is 16.8 Å². The van der Waals surface area contributed by atoms with Crippen molar-refractivity contribution < 1.29 is 0 Å². The molecule has 0 fully saturated rings. The predicted molar refractivity (Wildman–Crippen MR) is 278 cm³/mol. The van der Waals surface area contributed by atoms with Gasteiger partial charge in [0.1, 0.15) is 0 Å². The molecule has 1 heteroatoms. The van der Waals surface area contributed by atoms with Crippen molar-refractivity contribution >= 4 is 60.2 Å². The van der Waals surface area contributed by atoms with Gasteiger partial charge in [-0.3, -0.25) is 0 Å². The Morgan fingerprint density at radius 1 is 0.215 bits per heavy atom. The second-order valence-electron chi connectivity index (χ2n) is 16.8. The molecule has 0 N–H and O–H groups in total. The Labute approximate surface area is 379 Å². The van der Waals surface area contributed by atoms with Gasteiger partial charge in [-0.1, -0.05) is 224 Å². The first-order valence-electron chi connectivity index (χ1n) is 22.4. The van der Waals surface area contributed by atoms with Crippen LogP contribution in [0.5, 0.6) is 0 Å². The zero-order valence-electron chi connectivity index (χ0n) is 35.8. The van der Waals surface area contributed by atoms with E-state index in [-0.39, 0.29) is 0 Å². The van der Waals surface area contributed by atoms with E-state index in [9.17, 15) is 0 Å². The Kier molecular flexibility index (Phi) is 9.58. The number of benzene rings is 12. The van der Waals surface area contributed by atoms with Crippen LogP contribution < -0.4 is 4.90 Å². The number of rotatable bonds is 8.